The summed E-state index contributed by atoms with van der Waals surface area (Å²) in [4.78, 5) is 3.67. The van der Waals surface area contributed by atoms with Crippen molar-refractivity contribution in [2.24, 2.45) is 5.92 Å². The number of halogens is 1. The van der Waals surface area contributed by atoms with E-state index in [1.165, 1.54) is 4.80 Å². The Morgan fingerprint density at radius 2 is 2.04 bits per heavy atom. The first-order valence-corrected chi connectivity index (χ1v) is 10.5. The lowest BCUT2D eigenvalue weighted by Gasteiger charge is -2.28. The van der Waals surface area contributed by atoms with Gasteiger partial charge in [0.25, 0.3) is 0 Å². The Hall–Kier alpha value is -1.51. The van der Waals surface area contributed by atoms with Crippen LogP contribution in [0.5, 0.6) is 0 Å². The van der Waals surface area contributed by atoms with E-state index in [0.29, 0.717) is 29.9 Å². The maximum Gasteiger partial charge on any atom is 0.204 e. The zero-order valence-corrected chi connectivity index (χ0v) is 15.9. The largest absolute Gasteiger partial charge is 0.279 e. The topological polar surface area (TPSA) is 81.0 Å². The van der Waals surface area contributed by atoms with Crippen LogP contribution in [0.1, 0.15) is 20.3 Å². The minimum Gasteiger partial charge on any atom is -0.279 e. The first-order chi connectivity index (χ1) is 11.8. The summed E-state index contributed by atoms with van der Waals surface area (Å²) in [6, 6.07) is 7.27. The van der Waals surface area contributed by atoms with E-state index in [2.05, 4.69) is 34.2 Å². The van der Waals surface area contributed by atoms with Crippen LogP contribution < -0.4 is 0 Å². The van der Waals surface area contributed by atoms with Crippen molar-refractivity contribution in [2.45, 2.75) is 33.0 Å². The van der Waals surface area contributed by atoms with Gasteiger partial charge in [0.15, 0.2) is 9.84 Å². The lowest BCUT2D eigenvalue weighted by Crippen LogP contribution is -2.40. The van der Waals surface area contributed by atoms with Crippen molar-refractivity contribution in [3.05, 3.63) is 29.3 Å². The van der Waals surface area contributed by atoms with Gasteiger partial charge in [-0.3, -0.25) is 4.90 Å². The Balaban J connectivity index is 1.75. The summed E-state index contributed by atoms with van der Waals surface area (Å²) < 4.78 is 23.6. The van der Waals surface area contributed by atoms with E-state index in [9.17, 15) is 8.42 Å². The van der Waals surface area contributed by atoms with Crippen molar-refractivity contribution < 1.29 is 8.42 Å². The standard InChI is InChI=1S/C16H22ClN5O2S/c1-12(2)9-21(15-7-8-25(23,24)10-15)11-22-19-16(18-20-22)13-3-5-14(17)6-4-13/h3-6,12,15H,7-11H2,1-2H3. The molecule has 0 amide bonds. The SMILES string of the molecule is CC(C)CN(Cn1nnc(-c2ccc(Cl)cc2)n1)C1CCS(=O)(=O)C1. The molecule has 0 bridgehead atoms. The molecular formula is C16H22ClN5O2S. The van der Waals surface area contributed by atoms with Gasteiger partial charge in [-0.1, -0.05) is 25.4 Å². The van der Waals surface area contributed by atoms with E-state index in [0.717, 1.165) is 12.1 Å². The normalized spacial score (nSPS) is 19.8. The van der Waals surface area contributed by atoms with Crippen LogP contribution in [0.3, 0.4) is 0 Å². The highest BCUT2D eigenvalue weighted by Gasteiger charge is 2.32. The second kappa shape index (κ2) is 7.39. The Morgan fingerprint density at radius 1 is 1.32 bits per heavy atom. The molecule has 1 atom stereocenters. The fourth-order valence-corrected chi connectivity index (χ4v) is 4.92. The minimum absolute atomic E-state index is 0.0115. The monoisotopic (exact) mass is 383 g/mol. The van der Waals surface area contributed by atoms with Crippen LogP contribution in [-0.2, 0) is 16.5 Å². The number of sulfone groups is 1. The van der Waals surface area contributed by atoms with Crippen LogP contribution in [0.4, 0.5) is 0 Å². The van der Waals surface area contributed by atoms with Gasteiger partial charge in [-0.05, 0) is 41.8 Å². The molecule has 25 heavy (non-hydrogen) atoms. The van der Waals surface area contributed by atoms with Crippen molar-refractivity contribution in [1.29, 1.82) is 0 Å². The van der Waals surface area contributed by atoms with E-state index in [1.54, 1.807) is 12.1 Å². The van der Waals surface area contributed by atoms with Gasteiger partial charge in [-0.15, -0.1) is 15.0 Å². The van der Waals surface area contributed by atoms with Gasteiger partial charge < -0.3 is 0 Å². The van der Waals surface area contributed by atoms with E-state index >= 15 is 0 Å². The van der Waals surface area contributed by atoms with Gasteiger partial charge in [-0.25, -0.2) is 8.42 Å². The van der Waals surface area contributed by atoms with Crippen molar-refractivity contribution in [3.8, 4) is 11.4 Å². The molecule has 1 fully saturated rings. The Bertz CT molecular complexity index is 819. The molecule has 3 rings (SSSR count). The summed E-state index contributed by atoms with van der Waals surface area (Å²) in [7, 11) is -2.93. The van der Waals surface area contributed by atoms with Crippen LogP contribution in [0.25, 0.3) is 11.4 Å². The number of hydrogen-bond acceptors (Lipinski definition) is 6. The lowest BCUT2D eigenvalue weighted by molar-refractivity contribution is 0.128. The highest BCUT2D eigenvalue weighted by atomic mass is 35.5. The van der Waals surface area contributed by atoms with Crippen LogP contribution in [0.15, 0.2) is 24.3 Å². The van der Waals surface area contributed by atoms with Crippen LogP contribution >= 0.6 is 11.6 Å². The molecule has 9 heteroatoms. The van der Waals surface area contributed by atoms with Gasteiger partial charge in [0, 0.05) is 23.2 Å². The number of benzene rings is 1. The minimum atomic E-state index is -2.93. The predicted molar refractivity (Wildman–Crippen MR) is 96.9 cm³/mol. The van der Waals surface area contributed by atoms with E-state index in [1.807, 2.05) is 12.1 Å². The molecule has 136 valence electrons. The Morgan fingerprint density at radius 3 is 2.64 bits per heavy atom. The average Bonchev–Trinajstić information content (AvgIpc) is 3.13. The fraction of sp³-hybridized carbons (Fsp3) is 0.562. The number of nitrogens with zero attached hydrogens (tertiary/aromatic N) is 5. The summed E-state index contributed by atoms with van der Waals surface area (Å²) in [6.45, 7) is 5.45. The Labute approximate surface area is 152 Å². The molecule has 0 radical (unpaired) electrons. The third kappa shape index (κ3) is 4.77. The highest BCUT2D eigenvalue weighted by Crippen LogP contribution is 2.20. The lowest BCUT2D eigenvalue weighted by atomic mass is 10.1. The van der Waals surface area contributed by atoms with Crippen molar-refractivity contribution in [1.82, 2.24) is 25.1 Å². The van der Waals surface area contributed by atoms with Crippen molar-refractivity contribution in [2.75, 3.05) is 18.1 Å². The molecule has 0 spiro atoms. The molecule has 1 unspecified atom stereocenters. The van der Waals surface area contributed by atoms with Crippen LogP contribution in [0.2, 0.25) is 5.02 Å². The second-order valence-electron chi connectivity index (χ2n) is 6.86. The maximum atomic E-state index is 11.8. The van der Waals surface area contributed by atoms with E-state index in [-0.39, 0.29) is 17.5 Å². The first-order valence-electron chi connectivity index (χ1n) is 8.30. The molecule has 1 aliphatic heterocycles. The van der Waals surface area contributed by atoms with E-state index in [4.69, 9.17) is 11.6 Å². The zero-order valence-electron chi connectivity index (χ0n) is 14.3. The van der Waals surface area contributed by atoms with Crippen LogP contribution in [-0.4, -0.2) is 57.6 Å². The summed E-state index contributed by atoms with van der Waals surface area (Å²) in [6.07, 6.45) is 0.661. The van der Waals surface area contributed by atoms with Crippen molar-refractivity contribution >= 4 is 21.4 Å². The van der Waals surface area contributed by atoms with Gasteiger partial charge in [0.1, 0.15) is 6.67 Å². The number of hydrogen-bond donors (Lipinski definition) is 0. The molecule has 1 aromatic carbocycles. The smallest absolute Gasteiger partial charge is 0.204 e. The molecule has 0 N–H and O–H groups in total. The summed E-state index contributed by atoms with van der Waals surface area (Å²) >= 11 is 5.90. The molecule has 2 heterocycles. The molecule has 1 aliphatic rings. The summed E-state index contributed by atoms with van der Waals surface area (Å²) in [5, 5.41) is 13.3. The van der Waals surface area contributed by atoms with E-state index < -0.39 is 9.84 Å². The van der Waals surface area contributed by atoms with Gasteiger partial charge in [0.05, 0.1) is 11.5 Å². The number of aromatic nitrogens is 4. The maximum absolute atomic E-state index is 11.8. The zero-order chi connectivity index (χ0) is 18.0. The number of rotatable bonds is 6. The summed E-state index contributed by atoms with van der Waals surface area (Å²) in [5.74, 6) is 1.41. The fourth-order valence-electron chi connectivity index (χ4n) is 3.03. The summed E-state index contributed by atoms with van der Waals surface area (Å²) in [5.41, 5.74) is 0.842. The highest BCUT2D eigenvalue weighted by molar-refractivity contribution is 7.91. The quantitative estimate of drug-likeness (QED) is 0.759. The molecule has 0 saturated carbocycles. The number of tetrazole rings is 1. The molecule has 1 saturated heterocycles. The predicted octanol–water partition coefficient (Wildman–Crippen LogP) is 2.10. The van der Waals surface area contributed by atoms with Crippen LogP contribution in [0, 0.1) is 5.92 Å². The molecule has 2 aromatic rings. The average molecular weight is 384 g/mol. The van der Waals surface area contributed by atoms with Gasteiger partial charge in [0.2, 0.25) is 5.82 Å². The second-order valence-corrected chi connectivity index (χ2v) is 9.52. The Kier molecular flexibility index (Phi) is 5.41. The van der Waals surface area contributed by atoms with Gasteiger partial charge in [-0.2, -0.15) is 0 Å². The molecule has 0 aliphatic carbocycles. The molecule has 1 aromatic heterocycles. The third-order valence-corrected chi connectivity index (χ3v) is 6.19. The first kappa shape index (κ1) is 18.3. The molecular weight excluding hydrogens is 362 g/mol. The third-order valence-electron chi connectivity index (χ3n) is 4.19. The van der Waals surface area contributed by atoms with Crippen molar-refractivity contribution in [3.63, 3.8) is 0 Å². The van der Waals surface area contributed by atoms with Gasteiger partial charge >= 0.3 is 0 Å². The molecule has 7 nitrogen and oxygen atoms in total.